The number of carbonyl (C=O) groups is 3. The number of hydrogen-bond acceptors (Lipinski definition) is 7. The second-order valence-electron chi connectivity index (χ2n) is 6.34. The molecule has 2 aliphatic heterocycles. The van der Waals surface area contributed by atoms with Crippen molar-refractivity contribution in [2.75, 3.05) is 19.6 Å². The number of nitro groups is 1. The molecule has 0 unspecified atom stereocenters. The molecule has 10 nitrogen and oxygen atoms in total. The Morgan fingerprint density at radius 1 is 1.33 bits per heavy atom. The number of non-ortho nitro benzene ring substituents is 1. The number of amides is 4. The Morgan fingerprint density at radius 3 is 2.63 bits per heavy atom. The van der Waals surface area contributed by atoms with E-state index in [-0.39, 0.29) is 42.6 Å². The number of rotatable bonds is 5. The highest BCUT2D eigenvalue weighted by atomic mass is 32.1. The topological polar surface area (TPSA) is 122 Å². The number of imide groups is 1. The summed E-state index contributed by atoms with van der Waals surface area (Å²) in [5, 5.41) is 13.0. The second-order valence-corrected chi connectivity index (χ2v) is 7.07. The lowest BCUT2D eigenvalue weighted by Crippen LogP contribution is -2.45. The zero-order valence-electron chi connectivity index (χ0n) is 14.2. The molecular formula is C16H18N4O6S. The van der Waals surface area contributed by atoms with Crippen molar-refractivity contribution >= 4 is 36.3 Å². The lowest BCUT2D eigenvalue weighted by molar-refractivity contribution is -0.384. The summed E-state index contributed by atoms with van der Waals surface area (Å²) in [6.45, 7) is 0.353. The standard InChI is InChI=1S/C16H18N4O6S/c21-14-6-17-15(22)19(14)7-12-5-13(27)8-18(12)16(23)26-9-10-1-3-11(4-2-10)20(24)25/h1-4,12-13,27H,5-9H2,(H,17,22)/t12-,13-/m0/s1. The molecule has 2 fully saturated rings. The van der Waals surface area contributed by atoms with Crippen LogP contribution in [0.4, 0.5) is 15.3 Å². The number of nitrogens with zero attached hydrogens (tertiary/aromatic N) is 3. The number of ether oxygens (including phenoxy) is 1. The number of benzene rings is 1. The molecule has 2 atom stereocenters. The van der Waals surface area contributed by atoms with Crippen LogP contribution in [0, 0.1) is 10.1 Å². The Bertz CT molecular complexity index is 755. The summed E-state index contributed by atoms with van der Waals surface area (Å²) in [6.07, 6.45) is -0.0470. The van der Waals surface area contributed by atoms with Gasteiger partial charge in [-0.15, -0.1) is 0 Å². The number of nitro benzene ring substituents is 1. The lowest BCUT2D eigenvalue weighted by Gasteiger charge is -2.26. The quantitative estimate of drug-likeness (QED) is 0.334. The van der Waals surface area contributed by atoms with Gasteiger partial charge in [0.25, 0.3) is 5.69 Å². The van der Waals surface area contributed by atoms with Gasteiger partial charge in [0.15, 0.2) is 0 Å². The molecule has 27 heavy (non-hydrogen) atoms. The molecule has 0 aromatic heterocycles. The maximum atomic E-state index is 12.4. The summed E-state index contributed by atoms with van der Waals surface area (Å²) in [5.74, 6) is -0.332. The van der Waals surface area contributed by atoms with Gasteiger partial charge in [-0.05, 0) is 24.1 Å². The molecule has 11 heteroatoms. The Labute approximate surface area is 160 Å². The van der Waals surface area contributed by atoms with Crippen molar-refractivity contribution in [3.05, 3.63) is 39.9 Å². The summed E-state index contributed by atoms with van der Waals surface area (Å²) in [6, 6.07) is 4.86. The monoisotopic (exact) mass is 394 g/mol. The minimum atomic E-state index is -0.582. The van der Waals surface area contributed by atoms with E-state index in [0.29, 0.717) is 18.5 Å². The van der Waals surface area contributed by atoms with E-state index >= 15 is 0 Å². The van der Waals surface area contributed by atoms with Crippen LogP contribution in [0.3, 0.4) is 0 Å². The third-order valence-electron chi connectivity index (χ3n) is 4.47. The first kappa shape index (κ1) is 19.0. The van der Waals surface area contributed by atoms with Crippen LogP contribution in [-0.2, 0) is 16.1 Å². The van der Waals surface area contributed by atoms with Gasteiger partial charge in [0, 0.05) is 23.9 Å². The third-order valence-corrected chi connectivity index (χ3v) is 4.84. The average molecular weight is 394 g/mol. The molecule has 4 amide bonds. The first-order valence-corrected chi connectivity index (χ1v) is 8.80. The molecule has 144 valence electrons. The average Bonchev–Trinajstić information content (AvgIpc) is 3.17. The van der Waals surface area contributed by atoms with Crippen molar-refractivity contribution in [2.45, 2.75) is 24.3 Å². The smallest absolute Gasteiger partial charge is 0.410 e. The van der Waals surface area contributed by atoms with Crippen LogP contribution in [0.25, 0.3) is 0 Å². The molecule has 0 saturated carbocycles. The van der Waals surface area contributed by atoms with E-state index in [2.05, 4.69) is 17.9 Å². The highest BCUT2D eigenvalue weighted by Gasteiger charge is 2.39. The lowest BCUT2D eigenvalue weighted by atomic mass is 10.2. The van der Waals surface area contributed by atoms with Gasteiger partial charge in [0.2, 0.25) is 5.91 Å². The van der Waals surface area contributed by atoms with Crippen molar-refractivity contribution < 1.29 is 24.0 Å². The normalized spacial score (nSPS) is 22.1. The van der Waals surface area contributed by atoms with Gasteiger partial charge in [-0.1, -0.05) is 0 Å². The van der Waals surface area contributed by atoms with Gasteiger partial charge in [-0.2, -0.15) is 12.6 Å². The summed E-state index contributed by atoms with van der Waals surface area (Å²) in [7, 11) is 0. The maximum absolute atomic E-state index is 12.4. The van der Waals surface area contributed by atoms with Crippen molar-refractivity contribution in [2.24, 2.45) is 0 Å². The van der Waals surface area contributed by atoms with Crippen LogP contribution in [0.15, 0.2) is 24.3 Å². The van der Waals surface area contributed by atoms with Gasteiger partial charge >= 0.3 is 12.1 Å². The van der Waals surface area contributed by atoms with Gasteiger partial charge in [0.05, 0.1) is 24.1 Å². The number of thiol groups is 1. The number of hydrogen-bond donors (Lipinski definition) is 2. The summed E-state index contributed by atoms with van der Waals surface area (Å²) >= 11 is 4.40. The summed E-state index contributed by atoms with van der Waals surface area (Å²) < 4.78 is 5.29. The minimum absolute atomic E-state index is 0.0412. The van der Waals surface area contributed by atoms with E-state index in [9.17, 15) is 24.5 Å². The highest BCUT2D eigenvalue weighted by molar-refractivity contribution is 7.81. The Balaban J connectivity index is 1.59. The number of urea groups is 1. The van der Waals surface area contributed by atoms with Crippen LogP contribution < -0.4 is 5.32 Å². The minimum Gasteiger partial charge on any atom is -0.445 e. The molecule has 2 aliphatic rings. The predicted octanol–water partition coefficient (Wildman–Crippen LogP) is 1.16. The molecule has 2 saturated heterocycles. The fourth-order valence-electron chi connectivity index (χ4n) is 3.08. The first-order chi connectivity index (χ1) is 12.8. The largest absolute Gasteiger partial charge is 0.445 e. The molecule has 3 rings (SSSR count). The van der Waals surface area contributed by atoms with E-state index in [4.69, 9.17) is 4.74 Å². The van der Waals surface area contributed by atoms with Crippen LogP contribution in [-0.4, -0.2) is 63.7 Å². The van der Waals surface area contributed by atoms with E-state index in [1.165, 1.54) is 29.2 Å². The van der Waals surface area contributed by atoms with E-state index in [0.717, 1.165) is 4.90 Å². The number of carbonyl (C=O) groups excluding carboxylic acids is 3. The molecule has 1 aromatic carbocycles. The fraction of sp³-hybridized carbons (Fsp3) is 0.438. The van der Waals surface area contributed by atoms with Crippen molar-refractivity contribution in [3.8, 4) is 0 Å². The first-order valence-electron chi connectivity index (χ1n) is 8.28. The molecular weight excluding hydrogens is 376 g/mol. The van der Waals surface area contributed by atoms with Crippen LogP contribution in [0.5, 0.6) is 0 Å². The fourth-order valence-corrected chi connectivity index (χ4v) is 3.50. The summed E-state index contributed by atoms with van der Waals surface area (Å²) in [5.41, 5.74) is 0.567. The SMILES string of the molecule is O=C1CNC(=O)N1C[C@@H]1C[C@H](S)CN1C(=O)OCc1ccc([N+](=O)[O-])cc1. The predicted molar refractivity (Wildman–Crippen MR) is 96.3 cm³/mol. The molecule has 1 aromatic rings. The van der Waals surface area contributed by atoms with Gasteiger partial charge in [-0.25, -0.2) is 9.59 Å². The zero-order valence-corrected chi connectivity index (χ0v) is 15.1. The molecule has 2 heterocycles. The van der Waals surface area contributed by atoms with Crippen molar-refractivity contribution in [1.29, 1.82) is 0 Å². The maximum Gasteiger partial charge on any atom is 0.410 e. The highest BCUT2D eigenvalue weighted by Crippen LogP contribution is 2.24. The molecule has 1 N–H and O–H groups in total. The zero-order chi connectivity index (χ0) is 19.6. The van der Waals surface area contributed by atoms with Crippen LogP contribution >= 0.6 is 12.6 Å². The van der Waals surface area contributed by atoms with Gasteiger partial charge < -0.3 is 15.0 Å². The van der Waals surface area contributed by atoms with E-state index in [1.54, 1.807) is 0 Å². The Morgan fingerprint density at radius 2 is 2.04 bits per heavy atom. The number of likely N-dealkylation sites (tertiary alicyclic amines) is 1. The van der Waals surface area contributed by atoms with Crippen molar-refractivity contribution in [3.63, 3.8) is 0 Å². The van der Waals surface area contributed by atoms with Crippen LogP contribution in [0.2, 0.25) is 0 Å². The molecule has 0 bridgehead atoms. The van der Waals surface area contributed by atoms with Gasteiger partial charge in [-0.3, -0.25) is 19.8 Å². The number of nitrogens with one attached hydrogen (secondary N) is 1. The molecule has 0 spiro atoms. The Hall–Kier alpha value is -2.82. The van der Waals surface area contributed by atoms with E-state index < -0.39 is 17.0 Å². The second kappa shape index (κ2) is 7.82. The summed E-state index contributed by atoms with van der Waals surface area (Å²) in [4.78, 5) is 48.6. The molecule has 0 radical (unpaired) electrons. The van der Waals surface area contributed by atoms with Crippen molar-refractivity contribution in [1.82, 2.24) is 15.1 Å². The third kappa shape index (κ3) is 4.30. The van der Waals surface area contributed by atoms with Crippen LogP contribution in [0.1, 0.15) is 12.0 Å². The van der Waals surface area contributed by atoms with E-state index in [1.807, 2.05) is 0 Å². The van der Waals surface area contributed by atoms with Gasteiger partial charge in [0.1, 0.15) is 6.61 Å². The molecule has 0 aliphatic carbocycles. The Kier molecular flexibility index (Phi) is 5.49.